The standard InChI is InChI=1S/C24H24N2O4/c1-26(2)23(27)17-30-22-14-10-20(11-15-22)25-24(28)19-8-12-21(13-9-19)29-16-18-6-4-3-5-7-18/h3-15H,16-17H2,1-2H3,(H,25,28). The van der Waals surface area contributed by atoms with Crippen molar-refractivity contribution in [2.45, 2.75) is 6.61 Å². The first-order valence-electron chi connectivity index (χ1n) is 9.52. The molecule has 0 saturated carbocycles. The van der Waals surface area contributed by atoms with E-state index in [-0.39, 0.29) is 18.4 Å². The van der Waals surface area contributed by atoms with Gasteiger partial charge in [-0.05, 0) is 54.1 Å². The summed E-state index contributed by atoms with van der Waals surface area (Å²) < 4.78 is 11.2. The summed E-state index contributed by atoms with van der Waals surface area (Å²) in [6, 6.07) is 23.8. The van der Waals surface area contributed by atoms with Gasteiger partial charge in [0.15, 0.2) is 6.61 Å². The van der Waals surface area contributed by atoms with Crippen LogP contribution in [0.1, 0.15) is 15.9 Å². The third kappa shape index (κ3) is 6.10. The van der Waals surface area contributed by atoms with Crippen LogP contribution in [0.4, 0.5) is 5.69 Å². The second-order valence-electron chi connectivity index (χ2n) is 6.85. The van der Waals surface area contributed by atoms with E-state index in [0.717, 1.165) is 5.56 Å². The molecule has 6 nitrogen and oxygen atoms in total. The van der Waals surface area contributed by atoms with Crippen LogP contribution in [0.25, 0.3) is 0 Å². The highest BCUT2D eigenvalue weighted by Gasteiger charge is 2.08. The van der Waals surface area contributed by atoms with Gasteiger partial charge in [-0.25, -0.2) is 0 Å². The summed E-state index contributed by atoms with van der Waals surface area (Å²) in [6.45, 7) is 0.443. The summed E-state index contributed by atoms with van der Waals surface area (Å²) >= 11 is 0. The van der Waals surface area contributed by atoms with E-state index in [9.17, 15) is 9.59 Å². The highest BCUT2D eigenvalue weighted by Crippen LogP contribution is 2.18. The van der Waals surface area contributed by atoms with Gasteiger partial charge in [0.2, 0.25) is 0 Å². The van der Waals surface area contributed by atoms with Crippen LogP contribution >= 0.6 is 0 Å². The molecule has 0 heterocycles. The van der Waals surface area contributed by atoms with Crippen molar-refractivity contribution in [3.05, 3.63) is 90.0 Å². The molecule has 0 atom stereocenters. The number of nitrogens with one attached hydrogen (secondary N) is 1. The molecule has 0 aliphatic heterocycles. The first-order chi connectivity index (χ1) is 14.5. The van der Waals surface area contributed by atoms with Gasteiger partial charge in [-0.2, -0.15) is 0 Å². The SMILES string of the molecule is CN(C)C(=O)COc1ccc(NC(=O)c2ccc(OCc3ccccc3)cc2)cc1. The van der Waals surface area contributed by atoms with Gasteiger partial charge in [-0.15, -0.1) is 0 Å². The molecule has 3 aromatic carbocycles. The number of anilines is 1. The topological polar surface area (TPSA) is 67.9 Å². The van der Waals surface area contributed by atoms with E-state index in [4.69, 9.17) is 9.47 Å². The van der Waals surface area contributed by atoms with Crippen LogP contribution < -0.4 is 14.8 Å². The molecule has 1 N–H and O–H groups in total. The van der Waals surface area contributed by atoms with Crippen molar-refractivity contribution in [2.24, 2.45) is 0 Å². The molecule has 0 spiro atoms. The predicted octanol–water partition coefficient (Wildman–Crippen LogP) is 3.98. The molecule has 3 rings (SSSR count). The molecule has 3 aromatic rings. The number of rotatable bonds is 8. The first-order valence-corrected chi connectivity index (χ1v) is 9.52. The number of carbonyl (C=O) groups excluding carboxylic acids is 2. The van der Waals surface area contributed by atoms with Crippen molar-refractivity contribution < 1.29 is 19.1 Å². The van der Waals surface area contributed by atoms with Gasteiger partial charge >= 0.3 is 0 Å². The van der Waals surface area contributed by atoms with E-state index < -0.39 is 0 Å². The zero-order chi connectivity index (χ0) is 21.3. The summed E-state index contributed by atoms with van der Waals surface area (Å²) in [5, 5.41) is 2.84. The van der Waals surface area contributed by atoms with E-state index >= 15 is 0 Å². The van der Waals surface area contributed by atoms with Crippen LogP contribution in [-0.4, -0.2) is 37.4 Å². The predicted molar refractivity (Wildman–Crippen MR) is 116 cm³/mol. The lowest BCUT2D eigenvalue weighted by atomic mass is 10.2. The Hall–Kier alpha value is -3.80. The normalized spacial score (nSPS) is 10.2. The van der Waals surface area contributed by atoms with Crippen LogP contribution in [0.5, 0.6) is 11.5 Å². The van der Waals surface area contributed by atoms with Crippen LogP contribution in [-0.2, 0) is 11.4 Å². The molecule has 0 saturated heterocycles. The number of benzene rings is 3. The van der Waals surface area contributed by atoms with Crippen molar-refractivity contribution in [3.8, 4) is 11.5 Å². The molecule has 0 aromatic heterocycles. The monoisotopic (exact) mass is 404 g/mol. The van der Waals surface area contributed by atoms with Crippen molar-refractivity contribution in [2.75, 3.05) is 26.0 Å². The second-order valence-corrected chi connectivity index (χ2v) is 6.85. The minimum Gasteiger partial charge on any atom is -0.489 e. The fourth-order valence-corrected chi connectivity index (χ4v) is 2.56. The van der Waals surface area contributed by atoms with Gasteiger partial charge in [0.05, 0.1) is 0 Å². The van der Waals surface area contributed by atoms with Gasteiger partial charge < -0.3 is 19.7 Å². The third-order valence-electron chi connectivity index (χ3n) is 4.34. The fourth-order valence-electron chi connectivity index (χ4n) is 2.56. The summed E-state index contributed by atoms with van der Waals surface area (Å²) in [5.74, 6) is 0.914. The minimum absolute atomic E-state index is 0.0304. The highest BCUT2D eigenvalue weighted by atomic mass is 16.5. The number of likely N-dealkylation sites (N-methyl/N-ethyl adjacent to an activating group) is 1. The molecule has 0 aliphatic rings. The molecule has 0 radical (unpaired) electrons. The first kappa shape index (κ1) is 20.9. The summed E-state index contributed by atoms with van der Waals surface area (Å²) in [6.07, 6.45) is 0. The zero-order valence-electron chi connectivity index (χ0n) is 17.0. The van der Waals surface area contributed by atoms with E-state index in [0.29, 0.717) is 29.4 Å². The maximum Gasteiger partial charge on any atom is 0.259 e. The largest absolute Gasteiger partial charge is 0.489 e. The molecule has 0 unspecified atom stereocenters. The van der Waals surface area contributed by atoms with Gasteiger partial charge in [0.1, 0.15) is 18.1 Å². The van der Waals surface area contributed by atoms with E-state index in [1.165, 1.54) is 4.90 Å². The smallest absolute Gasteiger partial charge is 0.259 e. The molecule has 6 heteroatoms. The molecular weight excluding hydrogens is 380 g/mol. The quantitative estimate of drug-likeness (QED) is 0.617. The number of nitrogens with zero attached hydrogens (tertiary/aromatic N) is 1. The number of carbonyl (C=O) groups is 2. The van der Waals surface area contributed by atoms with Crippen LogP contribution in [0.2, 0.25) is 0 Å². The highest BCUT2D eigenvalue weighted by molar-refractivity contribution is 6.04. The van der Waals surface area contributed by atoms with Gasteiger partial charge in [-0.3, -0.25) is 9.59 Å². The van der Waals surface area contributed by atoms with Crippen molar-refractivity contribution in [3.63, 3.8) is 0 Å². The van der Waals surface area contributed by atoms with E-state index in [2.05, 4.69) is 5.32 Å². The molecular formula is C24H24N2O4. The third-order valence-corrected chi connectivity index (χ3v) is 4.34. The Morgan fingerprint density at radius 3 is 2.03 bits per heavy atom. The lowest BCUT2D eigenvalue weighted by Crippen LogP contribution is -2.27. The Morgan fingerprint density at radius 1 is 0.800 bits per heavy atom. The van der Waals surface area contributed by atoms with E-state index in [1.54, 1.807) is 62.6 Å². The van der Waals surface area contributed by atoms with Crippen molar-refractivity contribution in [1.82, 2.24) is 4.90 Å². The molecule has 0 fully saturated rings. The number of hydrogen-bond donors (Lipinski definition) is 1. The Kier molecular flexibility index (Phi) is 7.05. The Bertz CT molecular complexity index is 968. The molecule has 0 aliphatic carbocycles. The number of hydrogen-bond acceptors (Lipinski definition) is 4. The molecule has 0 bridgehead atoms. The summed E-state index contributed by atoms with van der Waals surface area (Å²) in [4.78, 5) is 25.5. The molecule has 30 heavy (non-hydrogen) atoms. The molecule has 154 valence electrons. The Morgan fingerprint density at radius 2 is 1.40 bits per heavy atom. The summed E-state index contributed by atoms with van der Waals surface area (Å²) in [7, 11) is 3.35. The van der Waals surface area contributed by atoms with E-state index in [1.807, 2.05) is 30.3 Å². The Labute approximate surface area is 176 Å². The lowest BCUT2D eigenvalue weighted by molar-refractivity contribution is -0.130. The van der Waals surface area contributed by atoms with Crippen molar-refractivity contribution in [1.29, 1.82) is 0 Å². The Balaban J connectivity index is 1.51. The number of ether oxygens (including phenoxy) is 2. The second kappa shape index (κ2) is 10.1. The van der Waals surface area contributed by atoms with Gasteiger partial charge in [0, 0.05) is 25.3 Å². The maximum absolute atomic E-state index is 12.4. The fraction of sp³-hybridized carbons (Fsp3) is 0.167. The van der Waals surface area contributed by atoms with Crippen LogP contribution in [0.3, 0.4) is 0 Å². The zero-order valence-corrected chi connectivity index (χ0v) is 17.0. The van der Waals surface area contributed by atoms with Gasteiger partial charge in [0.25, 0.3) is 11.8 Å². The lowest BCUT2D eigenvalue weighted by Gasteiger charge is -2.12. The minimum atomic E-state index is -0.221. The van der Waals surface area contributed by atoms with Gasteiger partial charge in [-0.1, -0.05) is 30.3 Å². The average molecular weight is 404 g/mol. The van der Waals surface area contributed by atoms with Crippen molar-refractivity contribution >= 4 is 17.5 Å². The average Bonchev–Trinajstić information content (AvgIpc) is 2.78. The number of amides is 2. The van der Waals surface area contributed by atoms with Crippen LogP contribution in [0, 0.1) is 0 Å². The van der Waals surface area contributed by atoms with Crippen LogP contribution in [0.15, 0.2) is 78.9 Å². The summed E-state index contributed by atoms with van der Waals surface area (Å²) in [5.41, 5.74) is 2.24. The maximum atomic E-state index is 12.4. The molecule has 2 amide bonds.